The summed E-state index contributed by atoms with van der Waals surface area (Å²) in [6.07, 6.45) is 0.949. The zero-order valence-corrected chi connectivity index (χ0v) is 19.0. The van der Waals surface area contributed by atoms with Gasteiger partial charge in [0.1, 0.15) is 0 Å². The van der Waals surface area contributed by atoms with Crippen LogP contribution < -0.4 is 0 Å². The molecule has 23 heavy (non-hydrogen) atoms. The smallest absolute Gasteiger partial charge is 0.317 e. The van der Waals surface area contributed by atoms with E-state index in [1.54, 1.807) is 0 Å². The summed E-state index contributed by atoms with van der Waals surface area (Å²) in [6, 6.07) is 11.2. The second kappa shape index (κ2) is 9.39. The maximum absolute atomic E-state index is 6.25. The van der Waals surface area contributed by atoms with E-state index in [9.17, 15) is 0 Å². The fourth-order valence-corrected chi connectivity index (χ4v) is 17.4. The molecule has 2 unspecified atom stereocenters. The average Bonchev–Trinajstić information content (AvgIpc) is 2.45. The van der Waals surface area contributed by atoms with Crippen LogP contribution in [0.1, 0.15) is 12.0 Å². The summed E-state index contributed by atoms with van der Waals surface area (Å²) in [5, 5.41) is 0. The Balaban J connectivity index is 1.74. The molecule has 0 spiro atoms. The number of ether oxygens (including phenoxy) is 1. The molecule has 5 nitrogen and oxygen atoms in total. The van der Waals surface area contributed by atoms with Crippen LogP contribution in [-0.2, 0) is 27.8 Å². The first-order valence-electron chi connectivity index (χ1n) is 8.25. The van der Waals surface area contributed by atoms with Gasteiger partial charge in [0.2, 0.25) is 0 Å². The minimum absolute atomic E-state index is 0.659. The van der Waals surface area contributed by atoms with Crippen LogP contribution >= 0.6 is 0 Å². The second-order valence-electron chi connectivity index (χ2n) is 5.99. The van der Waals surface area contributed by atoms with Gasteiger partial charge in [-0.25, -0.2) is 0 Å². The normalized spacial score (nSPS) is 32.3. The standard InChI is InChI=1S/C14H28O5Si4/c1-20-16-21(2)18-23(4,19-22(3)17-20)12-8-11-15-13-14-9-6-5-7-10-14/h5-7,9-10,20-22H,8,11-13H2,1-4H3. The molecule has 1 aliphatic rings. The third-order valence-electron chi connectivity index (χ3n) is 3.63. The Morgan fingerprint density at radius 3 is 2.17 bits per heavy atom. The molecule has 2 atom stereocenters. The van der Waals surface area contributed by atoms with E-state index in [1.165, 1.54) is 5.56 Å². The minimum Gasteiger partial charge on any atom is -0.420 e. The van der Waals surface area contributed by atoms with Crippen LogP contribution in [0.2, 0.25) is 32.2 Å². The second-order valence-corrected chi connectivity index (χ2v) is 16.2. The van der Waals surface area contributed by atoms with Gasteiger partial charge >= 0.3 is 8.56 Å². The monoisotopic (exact) mass is 388 g/mol. The molecule has 0 aromatic heterocycles. The van der Waals surface area contributed by atoms with Crippen molar-refractivity contribution in [3.8, 4) is 0 Å². The number of rotatable bonds is 6. The highest BCUT2D eigenvalue weighted by Gasteiger charge is 2.38. The summed E-state index contributed by atoms with van der Waals surface area (Å²) >= 11 is 0. The lowest BCUT2D eigenvalue weighted by Crippen LogP contribution is -2.53. The molecular formula is C14H28O5Si4. The summed E-state index contributed by atoms with van der Waals surface area (Å²) in [5.41, 5.74) is 1.21. The van der Waals surface area contributed by atoms with Crippen LogP contribution in [0.4, 0.5) is 0 Å². The lowest BCUT2D eigenvalue weighted by molar-refractivity contribution is 0.119. The van der Waals surface area contributed by atoms with Crippen LogP contribution in [0.15, 0.2) is 30.3 Å². The lowest BCUT2D eigenvalue weighted by atomic mass is 10.2. The molecule has 1 saturated heterocycles. The van der Waals surface area contributed by atoms with E-state index in [0.29, 0.717) is 6.61 Å². The van der Waals surface area contributed by atoms with Crippen molar-refractivity contribution in [2.45, 2.75) is 45.3 Å². The predicted molar refractivity (Wildman–Crippen MR) is 101 cm³/mol. The molecule has 1 aromatic carbocycles. The Morgan fingerprint density at radius 1 is 0.957 bits per heavy atom. The Hall–Kier alpha value is -0.112. The molecule has 0 saturated carbocycles. The first-order valence-corrected chi connectivity index (χ1v) is 17.1. The van der Waals surface area contributed by atoms with Gasteiger partial charge in [-0.2, -0.15) is 0 Å². The molecule has 2 rings (SSSR count). The van der Waals surface area contributed by atoms with E-state index in [0.717, 1.165) is 19.1 Å². The summed E-state index contributed by atoms with van der Waals surface area (Å²) in [4.78, 5) is 0. The highest BCUT2D eigenvalue weighted by Crippen LogP contribution is 2.21. The summed E-state index contributed by atoms with van der Waals surface area (Å²) in [7, 11) is -7.00. The fourth-order valence-electron chi connectivity index (χ4n) is 2.73. The van der Waals surface area contributed by atoms with E-state index >= 15 is 0 Å². The highest BCUT2D eigenvalue weighted by molar-refractivity contribution is 6.81. The van der Waals surface area contributed by atoms with E-state index in [-0.39, 0.29) is 0 Å². The van der Waals surface area contributed by atoms with Crippen LogP contribution in [0.5, 0.6) is 0 Å². The zero-order valence-electron chi connectivity index (χ0n) is 14.5. The number of benzene rings is 1. The van der Waals surface area contributed by atoms with Gasteiger partial charge in [-0.15, -0.1) is 0 Å². The first-order chi connectivity index (χ1) is 11.0. The molecule has 0 amide bonds. The molecule has 0 aliphatic carbocycles. The molecular weight excluding hydrogens is 360 g/mol. The SMILES string of the molecule is C[SiH]1O[SiH](C)O[Si](C)(CCCOCc2ccccc2)O[SiH](C)O1. The number of hydrogen-bond donors (Lipinski definition) is 0. The van der Waals surface area contributed by atoms with Crippen molar-refractivity contribution in [3.63, 3.8) is 0 Å². The fraction of sp³-hybridized carbons (Fsp3) is 0.571. The average molecular weight is 389 g/mol. The highest BCUT2D eigenvalue weighted by atomic mass is 28.5. The maximum atomic E-state index is 6.25. The van der Waals surface area contributed by atoms with Crippen LogP contribution in [0.3, 0.4) is 0 Å². The van der Waals surface area contributed by atoms with Gasteiger partial charge in [0.15, 0.2) is 0 Å². The molecule has 130 valence electrons. The van der Waals surface area contributed by atoms with Gasteiger partial charge in [0.05, 0.1) is 6.61 Å². The molecule has 1 heterocycles. The van der Waals surface area contributed by atoms with Gasteiger partial charge < -0.3 is 21.2 Å². The Labute approximate surface area is 145 Å². The van der Waals surface area contributed by atoms with E-state index in [2.05, 4.69) is 38.3 Å². The minimum atomic E-state index is -2.19. The van der Waals surface area contributed by atoms with Crippen molar-refractivity contribution in [2.24, 2.45) is 0 Å². The third-order valence-corrected chi connectivity index (χ3v) is 17.7. The van der Waals surface area contributed by atoms with Gasteiger partial charge in [-0.3, -0.25) is 0 Å². The lowest BCUT2D eigenvalue weighted by Gasteiger charge is -2.37. The van der Waals surface area contributed by atoms with Crippen molar-refractivity contribution in [1.29, 1.82) is 0 Å². The topological polar surface area (TPSA) is 46.2 Å². The van der Waals surface area contributed by atoms with Crippen molar-refractivity contribution < 1.29 is 21.2 Å². The Bertz CT molecular complexity index is 450. The van der Waals surface area contributed by atoms with Crippen molar-refractivity contribution in [2.75, 3.05) is 6.61 Å². The molecule has 1 aromatic rings. The van der Waals surface area contributed by atoms with Gasteiger partial charge in [-0.05, 0) is 44.2 Å². The molecule has 0 N–H and O–H groups in total. The van der Waals surface area contributed by atoms with Gasteiger partial charge in [0.25, 0.3) is 27.9 Å². The summed E-state index contributed by atoms with van der Waals surface area (Å²) < 4.78 is 30.1. The van der Waals surface area contributed by atoms with Crippen LogP contribution in [-0.4, -0.2) is 43.0 Å². The van der Waals surface area contributed by atoms with Crippen LogP contribution in [0, 0.1) is 0 Å². The van der Waals surface area contributed by atoms with Gasteiger partial charge in [-0.1, -0.05) is 30.3 Å². The molecule has 1 fully saturated rings. The van der Waals surface area contributed by atoms with E-state index in [4.69, 9.17) is 21.2 Å². The number of hydrogen-bond acceptors (Lipinski definition) is 5. The quantitative estimate of drug-likeness (QED) is 0.553. The van der Waals surface area contributed by atoms with E-state index < -0.39 is 36.4 Å². The predicted octanol–water partition coefficient (Wildman–Crippen LogP) is 2.30. The Kier molecular flexibility index (Phi) is 7.85. The van der Waals surface area contributed by atoms with E-state index in [1.807, 2.05) is 18.2 Å². The zero-order chi connectivity index (χ0) is 16.7. The first kappa shape index (κ1) is 19.2. The third kappa shape index (κ3) is 7.11. The van der Waals surface area contributed by atoms with Crippen molar-refractivity contribution in [3.05, 3.63) is 35.9 Å². The summed E-state index contributed by atoms with van der Waals surface area (Å²) in [6.45, 7) is 9.73. The summed E-state index contributed by atoms with van der Waals surface area (Å²) in [5.74, 6) is 0. The Morgan fingerprint density at radius 2 is 1.57 bits per heavy atom. The molecule has 0 bridgehead atoms. The van der Waals surface area contributed by atoms with Crippen molar-refractivity contribution >= 4 is 36.4 Å². The molecule has 1 aliphatic heterocycles. The van der Waals surface area contributed by atoms with Crippen molar-refractivity contribution in [1.82, 2.24) is 0 Å². The molecule has 9 heteroatoms. The largest absolute Gasteiger partial charge is 0.420 e. The molecule has 0 radical (unpaired) electrons. The van der Waals surface area contributed by atoms with Crippen LogP contribution in [0.25, 0.3) is 0 Å². The van der Waals surface area contributed by atoms with Gasteiger partial charge in [0, 0.05) is 6.61 Å². The maximum Gasteiger partial charge on any atom is 0.317 e.